The Kier molecular flexibility index (Phi) is 5.11. The van der Waals surface area contributed by atoms with E-state index in [4.69, 9.17) is 9.05 Å². The van der Waals surface area contributed by atoms with Crippen molar-refractivity contribution < 1.29 is 17.5 Å². The van der Waals surface area contributed by atoms with Crippen molar-refractivity contribution in [3.63, 3.8) is 0 Å². The summed E-state index contributed by atoms with van der Waals surface area (Å²) in [7, 11) is -3.63. The van der Waals surface area contributed by atoms with Crippen molar-refractivity contribution in [2.24, 2.45) is 0 Å². The Balaban J connectivity index is 1.39. The molecule has 1 aliphatic carbocycles. The lowest BCUT2D eigenvalue weighted by Gasteiger charge is -2.04. The molecular weight excluding hydrogens is 388 g/mol. The van der Waals surface area contributed by atoms with Crippen LogP contribution >= 0.6 is 11.3 Å². The van der Waals surface area contributed by atoms with Gasteiger partial charge < -0.3 is 9.05 Å². The van der Waals surface area contributed by atoms with E-state index in [1.54, 1.807) is 19.1 Å². The molecule has 3 heterocycles. The summed E-state index contributed by atoms with van der Waals surface area (Å²) in [6.07, 6.45) is 6.46. The van der Waals surface area contributed by atoms with Gasteiger partial charge in [-0.1, -0.05) is 23.2 Å². The highest BCUT2D eigenvalue weighted by Crippen LogP contribution is 2.34. The molecule has 0 spiro atoms. The maximum absolute atomic E-state index is 12.6. The van der Waals surface area contributed by atoms with Gasteiger partial charge in [0.15, 0.2) is 11.6 Å². The van der Waals surface area contributed by atoms with Crippen LogP contribution in [0.5, 0.6) is 0 Å². The zero-order valence-electron chi connectivity index (χ0n) is 14.8. The molecular formula is C17H20N4O4S2. The second kappa shape index (κ2) is 7.53. The van der Waals surface area contributed by atoms with Crippen molar-refractivity contribution in [1.29, 1.82) is 0 Å². The molecule has 144 valence electrons. The van der Waals surface area contributed by atoms with E-state index < -0.39 is 10.0 Å². The van der Waals surface area contributed by atoms with Gasteiger partial charge in [0.1, 0.15) is 0 Å². The number of thiophene rings is 1. The largest absolute Gasteiger partial charge is 0.355 e. The smallest absolute Gasteiger partial charge is 0.241 e. The summed E-state index contributed by atoms with van der Waals surface area (Å²) in [4.78, 5) is 6.08. The highest BCUT2D eigenvalue weighted by Gasteiger charge is 2.24. The van der Waals surface area contributed by atoms with Crippen LogP contribution in [-0.2, 0) is 16.4 Å². The topological polar surface area (TPSA) is 111 Å². The number of nitrogens with zero attached hydrogens (tertiary/aromatic N) is 3. The zero-order valence-corrected chi connectivity index (χ0v) is 16.5. The third-order valence-corrected chi connectivity index (χ3v) is 7.45. The van der Waals surface area contributed by atoms with Crippen molar-refractivity contribution >= 4 is 21.4 Å². The van der Waals surface area contributed by atoms with Crippen LogP contribution in [0.25, 0.3) is 10.6 Å². The molecule has 1 aliphatic rings. The summed E-state index contributed by atoms with van der Waals surface area (Å²) in [5.74, 6) is 2.11. The van der Waals surface area contributed by atoms with Crippen LogP contribution in [0.2, 0.25) is 0 Å². The SMILES string of the molecule is Cc1sc(-c2ccno2)cc1S(=O)(=O)NCCc1noc(C2CCCC2)n1. The number of nitrogens with one attached hydrogen (secondary N) is 1. The van der Waals surface area contributed by atoms with Crippen molar-refractivity contribution in [3.05, 3.63) is 34.9 Å². The molecule has 0 atom stereocenters. The fraction of sp³-hybridized carbons (Fsp3) is 0.471. The van der Waals surface area contributed by atoms with Crippen LogP contribution in [0.4, 0.5) is 0 Å². The maximum Gasteiger partial charge on any atom is 0.241 e. The molecule has 1 N–H and O–H groups in total. The molecule has 3 aromatic heterocycles. The Morgan fingerprint density at radius 3 is 2.85 bits per heavy atom. The highest BCUT2D eigenvalue weighted by atomic mass is 32.2. The van der Waals surface area contributed by atoms with E-state index in [9.17, 15) is 8.42 Å². The normalized spacial score (nSPS) is 15.6. The standard InChI is InChI=1S/C17H20N4O4S2/c1-11-15(10-14(26-11)13-6-8-18-24-13)27(22,23)19-9-7-16-20-17(25-21-16)12-4-2-3-5-12/h6,8,10,12,19H,2-5,7,9H2,1H3. The predicted octanol–water partition coefficient (Wildman–Crippen LogP) is 3.27. The van der Waals surface area contributed by atoms with E-state index >= 15 is 0 Å². The first-order chi connectivity index (χ1) is 13.0. The fourth-order valence-corrected chi connectivity index (χ4v) is 5.86. The number of sulfonamides is 1. The Labute approximate surface area is 161 Å². The van der Waals surface area contributed by atoms with Gasteiger partial charge in [-0.05, 0) is 25.8 Å². The maximum atomic E-state index is 12.6. The summed E-state index contributed by atoms with van der Waals surface area (Å²) in [5, 5.41) is 7.63. The van der Waals surface area contributed by atoms with E-state index in [1.807, 2.05) is 0 Å². The van der Waals surface area contributed by atoms with Crippen LogP contribution in [-0.4, -0.2) is 30.3 Å². The second-order valence-corrected chi connectivity index (χ2v) is 9.58. The van der Waals surface area contributed by atoms with Crippen molar-refractivity contribution in [2.45, 2.75) is 49.8 Å². The van der Waals surface area contributed by atoms with E-state index in [2.05, 4.69) is 20.0 Å². The van der Waals surface area contributed by atoms with Crippen LogP contribution < -0.4 is 4.72 Å². The molecule has 0 bridgehead atoms. The van der Waals surface area contributed by atoms with Gasteiger partial charge in [-0.2, -0.15) is 4.98 Å². The summed E-state index contributed by atoms with van der Waals surface area (Å²) >= 11 is 1.35. The van der Waals surface area contributed by atoms with E-state index in [-0.39, 0.29) is 11.4 Å². The quantitative estimate of drug-likeness (QED) is 0.638. The lowest BCUT2D eigenvalue weighted by molar-refractivity contribution is 0.350. The number of hydrogen-bond acceptors (Lipinski definition) is 8. The monoisotopic (exact) mass is 408 g/mol. The Hall–Kier alpha value is -2.04. The van der Waals surface area contributed by atoms with Gasteiger partial charge in [-0.15, -0.1) is 11.3 Å². The van der Waals surface area contributed by atoms with Gasteiger partial charge in [-0.3, -0.25) is 0 Å². The van der Waals surface area contributed by atoms with E-state index in [1.165, 1.54) is 30.4 Å². The molecule has 1 fully saturated rings. The number of aromatic nitrogens is 3. The minimum Gasteiger partial charge on any atom is -0.355 e. The van der Waals surface area contributed by atoms with Gasteiger partial charge in [-0.25, -0.2) is 13.1 Å². The molecule has 1 saturated carbocycles. The minimum atomic E-state index is -3.63. The summed E-state index contributed by atoms with van der Waals surface area (Å²) in [6.45, 7) is 1.98. The molecule has 10 heteroatoms. The van der Waals surface area contributed by atoms with Crippen LogP contribution in [0.1, 0.15) is 48.2 Å². The van der Waals surface area contributed by atoms with Gasteiger partial charge >= 0.3 is 0 Å². The first kappa shape index (κ1) is 18.3. The minimum absolute atomic E-state index is 0.207. The lowest BCUT2D eigenvalue weighted by Crippen LogP contribution is -2.26. The summed E-state index contributed by atoms with van der Waals surface area (Å²) in [5.41, 5.74) is 0. The van der Waals surface area contributed by atoms with Gasteiger partial charge in [0.05, 0.1) is 16.0 Å². The molecule has 4 rings (SSSR count). The molecule has 3 aromatic rings. The fourth-order valence-electron chi connectivity index (χ4n) is 3.28. The molecule has 8 nitrogen and oxygen atoms in total. The summed E-state index contributed by atoms with van der Waals surface area (Å²) in [6, 6.07) is 3.31. The van der Waals surface area contributed by atoms with Crippen molar-refractivity contribution in [2.75, 3.05) is 6.54 Å². The molecule has 0 saturated heterocycles. The summed E-state index contributed by atoms with van der Waals surface area (Å²) < 4.78 is 38.3. The Bertz CT molecular complexity index is 1000. The van der Waals surface area contributed by atoms with Crippen LogP contribution in [0, 0.1) is 6.92 Å². The van der Waals surface area contributed by atoms with Gasteiger partial charge in [0.2, 0.25) is 15.9 Å². The lowest BCUT2D eigenvalue weighted by atomic mass is 10.1. The van der Waals surface area contributed by atoms with Crippen LogP contribution in [0.15, 0.2) is 32.3 Å². The third-order valence-electron chi connectivity index (χ3n) is 4.67. The third kappa shape index (κ3) is 3.97. The molecule has 0 unspecified atom stereocenters. The predicted molar refractivity (Wildman–Crippen MR) is 99.0 cm³/mol. The van der Waals surface area contributed by atoms with E-state index in [0.717, 1.165) is 17.7 Å². The average molecular weight is 409 g/mol. The zero-order chi connectivity index (χ0) is 18.9. The number of hydrogen-bond donors (Lipinski definition) is 1. The first-order valence-electron chi connectivity index (χ1n) is 8.86. The highest BCUT2D eigenvalue weighted by molar-refractivity contribution is 7.89. The van der Waals surface area contributed by atoms with Crippen molar-refractivity contribution in [1.82, 2.24) is 20.0 Å². The molecule has 0 amide bonds. The van der Waals surface area contributed by atoms with Gasteiger partial charge in [0, 0.05) is 29.8 Å². The van der Waals surface area contributed by atoms with Crippen molar-refractivity contribution in [3.8, 4) is 10.6 Å². The molecule has 0 aliphatic heterocycles. The second-order valence-electron chi connectivity index (χ2n) is 6.59. The molecule has 27 heavy (non-hydrogen) atoms. The Morgan fingerprint density at radius 2 is 2.11 bits per heavy atom. The number of rotatable bonds is 7. The first-order valence-corrected chi connectivity index (χ1v) is 11.2. The number of aryl methyl sites for hydroxylation is 1. The molecule has 0 radical (unpaired) electrons. The van der Waals surface area contributed by atoms with E-state index in [0.29, 0.717) is 34.7 Å². The van der Waals surface area contributed by atoms with Gasteiger partial charge in [0.25, 0.3) is 0 Å². The Morgan fingerprint density at radius 1 is 1.30 bits per heavy atom. The molecule has 0 aromatic carbocycles. The van der Waals surface area contributed by atoms with Crippen LogP contribution in [0.3, 0.4) is 0 Å². The average Bonchev–Trinajstić information content (AvgIpc) is 3.41.